The predicted molar refractivity (Wildman–Crippen MR) is 64.3 cm³/mol. The molecule has 0 spiro atoms. The Bertz CT molecular complexity index is 624. The van der Waals surface area contributed by atoms with Crippen LogP contribution < -0.4 is 10.5 Å². The Morgan fingerprint density at radius 2 is 1.75 bits per heavy atom. The summed E-state index contributed by atoms with van der Waals surface area (Å²) >= 11 is 0. The number of rotatable bonds is 3. The van der Waals surface area contributed by atoms with E-state index in [0.29, 0.717) is 0 Å². The van der Waals surface area contributed by atoms with Crippen LogP contribution in [0.15, 0.2) is 42.5 Å². The van der Waals surface area contributed by atoms with E-state index in [1.165, 1.54) is 30.3 Å². The van der Waals surface area contributed by atoms with Crippen molar-refractivity contribution in [3.05, 3.63) is 53.7 Å². The standard InChI is InChI=1S/C13H9F3N2O2/c14-13(15,16)8-4-6-9(7-5-8)20-11-3-1-2-10(18-11)12(17)19/h1-7H,(H2,17,19). The summed E-state index contributed by atoms with van der Waals surface area (Å²) in [4.78, 5) is 14.8. The predicted octanol–water partition coefficient (Wildman–Crippen LogP) is 2.99. The zero-order valence-electron chi connectivity index (χ0n) is 10.0. The number of primary amides is 1. The van der Waals surface area contributed by atoms with E-state index in [9.17, 15) is 18.0 Å². The topological polar surface area (TPSA) is 65.2 Å². The average molecular weight is 282 g/mol. The molecule has 0 fully saturated rings. The molecule has 2 rings (SSSR count). The van der Waals surface area contributed by atoms with Crippen molar-refractivity contribution in [3.63, 3.8) is 0 Å². The van der Waals surface area contributed by atoms with Crippen LogP contribution in [0.4, 0.5) is 13.2 Å². The molecule has 0 saturated heterocycles. The van der Waals surface area contributed by atoms with E-state index in [2.05, 4.69) is 4.98 Å². The van der Waals surface area contributed by atoms with Crippen LogP contribution in [0.2, 0.25) is 0 Å². The number of ether oxygens (including phenoxy) is 1. The highest BCUT2D eigenvalue weighted by atomic mass is 19.4. The molecule has 0 saturated carbocycles. The van der Waals surface area contributed by atoms with Crippen LogP contribution in [0, 0.1) is 0 Å². The fourth-order valence-electron chi connectivity index (χ4n) is 1.44. The molecule has 0 aliphatic rings. The van der Waals surface area contributed by atoms with E-state index in [1.54, 1.807) is 0 Å². The molecular weight excluding hydrogens is 273 g/mol. The third kappa shape index (κ3) is 3.25. The zero-order chi connectivity index (χ0) is 14.8. The second kappa shape index (κ2) is 5.20. The van der Waals surface area contributed by atoms with Crippen molar-refractivity contribution in [3.8, 4) is 11.6 Å². The van der Waals surface area contributed by atoms with Gasteiger partial charge in [-0.1, -0.05) is 6.07 Å². The molecule has 2 aromatic rings. The van der Waals surface area contributed by atoms with Gasteiger partial charge >= 0.3 is 6.18 Å². The van der Waals surface area contributed by atoms with Crippen molar-refractivity contribution in [2.24, 2.45) is 5.73 Å². The first-order valence-corrected chi connectivity index (χ1v) is 5.48. The van der Waals surface area contributed by atoms with E-state index < -0.39 is 17.6 Å². The van der Waals surface area contributed by atoms with Crippen LogP contribution in [0.3, 0.4) is 0 Å². The number of nitrogens with two attached hydrogens (primary N) is 1. The van der Waals surface area contributed by atoms with Gasteiger partial charge in [-0.05, 0) is 30.3 Å². The van der Waals surface area contributed by atoms with Gasteiger partial charge in [-0.2, -0.15) is 13.2 Å². The van der Waals surface area contributed by atoms with E-state index in [4.69, 9.17) is 10.5 Å². The number of carbonyl (C=O) groups excluding carboxylic acids is 1. The fourth-order valence-corrected chi connectivity index (χ4v) is 1.44. The van der Waals surface area contributed by atoms with Crippen molar-refractivity contribution in [2.75, 3.05) is 0 Å². The van der Waals surface area contributed by atoms with Crippen molar-refractivity contribution >= 4 is 5.91 Å². The fraction of sp³-hybridized carbons (Fsp3) is 0.0769. The minimum absolute atomic E-state index is 0.00871. The molecular formula is C13H9F3N2O2. The molecule has 0 radical (unpaired) electrons. The van der Waals surface area contributed by atoms with Crippen molar-refractivity contribution < 1.29 is 22.7 Å². The van der Waals surface area contributed by atoms with Crippen molar-refractivity contribution in [1.82, 2.24) is 4.98 Å². The molecule has 7 heteroatoms. The first-order valence-electron chi connectivity index (χ1n) is 5.48. The van der Waals surface area contributed by atoms with Crippen LogP contribution >= 0.6 is 0 Å². The molecule has 104 valence electrons. The molecule has 0 aliphatic carbocycles. The van der Waals surface area contributed by atoms with Gasteiger partial charge in [-0.15, -0.1) is 0 Å². The number of nitrogens with zero attached hydrogens (tertiary/aromatic N) is 1. The number of amides is 1. The van der Waals surface area contributed by atoms with Crippen LogP contribution in [-0.2, 0) is 6.18 Å². The summed E-state index contributed by atoms with van der Waals surface area (Å²) in [6.45, 7) is 0. The Balaban J connectivity index is 2.18. The zero-order valence-corrected chi connectivity index (χ0v) is 10.0. The molecule has 1 aromatic heterocycles. The minimum Gasteiger partial charge on any atom is -0.439 e. The van der Waals surface area contributed by atoms with E-state index in [1.807, 2.05) is 0 Å². The van der Waals surface area contributed by atoms with Gasteiger partial charge in [-0.3, -0.25) is 4.79 Å². The monoisotopic (exact) mass is 282 g/mol. The Morgan fingerprint density at radius 3 is 2.30 bits per heavy atom. The van der Waals surface area contributed by atoms with Gasteiger partial charge < -0.3 is 10.5 Å². The summed E-state index contributed by atoms with van der Waals surface area (Å²) < 4.78 is 42.4. The third-order valence-electron chi connectivity index (χ3n) is 2.38. The van der Waals surface area contributed by atoms with Gasteiger partial charge in [0.15, 0.2) is 0 Å². The smallest absolute Gasteiger partial charge is 0.416 e. The summed E-state index contributed by atoms with van der Waals surface area (Å²) in [5.41, 5.74) is 4.30. The second-order valence-corrected chi connectivity index (χ2v) is 3.85. The Hall–Kier alpha value is -2.57. The SMILES string of the molecule is NC(=O)c1cccc(Oc2ccc(C(F)(F)F)cc2)n1. The molecule has 2 N–H and O–H groups in total. The summed E-state index contributed by atoms with van der Waals surface area (Å²) in [7, 11) is 0. The number of pyridine rings is 1. The lowest BCUT2D eigenvalue weighted by molar-refractivity contribution is -0.137. The van der Waals surface area contributed by atoms with Crippen LogP contribution in [0.1, 0.15) is 16.1 Å². The van der Waals surface area contributed by atoms with E-state index in [-0.39, 0.29) is 17.3 Å². The van der Waals surface area contributed by atoms with Crippen LogP contribution in [-0.4, -0.2) is 10.9 Å². The molecule has 0 bridgehead atoms. The number of hydrogen-bond acceptors (Lipinski definition) is 3. The first kappa shape index (κ1) is 13.9. The van der Waals surface area contributed by atoms with Gasteiger partial charge in [0, 0.05) is 6.07 Å². The van der Waals surface area contributed by atoms with Gasteiger partial charge in [-0.25, -0.2) is 4.98 Å². The number of hydrogen-bond donors (Lipinski definition) is 1. The summed E-state index contributed by atoms with van der Waals surface area (Å²) in [5, 5.41) is 0. The molecule has 1 aromatic carbocycles. The quantitative estimate of drug-likeness (QED) is 0.941. The highest BCUT2D eigenvalue weighted by molar-refractivity contribution is 5.90. The second-order valence-electron chi connectivity index (χ2n) is 3.85. The number of halogens is 3. The summed E-state index contributed by atoms with van der Waals surface area (Å²) in [5.74, 6) is -0.476. The molecule has 0 unspecified atom stereocenters. The molecule has 1 amide bonds. The first-order chi connectivity index (χ1) is 9.36. The maximum absolute atomic E-state index is 12.4. The number of benzene rings is 1. The molecule has 0 atom stereocenters. The molecule has 1 heterocycles. The molecule has 20 heavy (non-hydrogen) atoms. The number of alkyl halides is 3. The maximum atomic E-state index is 12.4. The lowest BCUT2D eigenvalue weighted by Crippen LogP contribution is -2.12. The average Bonchev–Trinajstić information content (AvgIpc) is 2.38. The van der Waals surface area contributed by atoms with Gasteiger partial charge in [0.05, 0.1) is 5.56 Å². The van der Waals surface area contributed by atoms with Crippen LogP contribution in [0.5, 0.6) is 11.6 Å². The van der Waals surface area contributed by atoms with Gasteiger partial charge in [0.25, 0.3) is 5.91 Å². The minimum atomic E-state index is -4.40. The van der Waals surface area contributed by atoms with Crippen molar-refractivity contribution in [2.45, 2.75) is 6.18 Å². The van der Waals surface area contributed by atoms with Crippen LogP contribution in [0.25, 0.3) is 0 Å². The largest absolute Gasteiger partial charge is 0.439 e. The van der Waals surface area contributed by atoms with E-state index in [0.717, 1.165) is 12.1 Å². The molecule has 0 aliphatic heterocycles. The normalized spacial score (nSPS) is 11.2. The Morgan fingerprint density at radius 1 is 1.10 bits per heavy atom. The summed E-state index contributed by atoms with van der Waals surface area (Å²) in [6, 6.07) is 8.50. The Labute approximate surface area is 112 Å². The van der Waals surface area contributed by atoms with Gasteiger partial charge in [0.1, 0.15) is 11.4 Å². The summed E-state index contributed by atoms with van der Waals surface area (Å²) in [6.07, 6.45) is -4.40. The highest BCUT2D eigenvalue weighted by Gasteiger charge is 2.30. The lowest BCUT2D eigenvalue weighted by Gasteiger charge is -2.08. The number of carbonyl (C=O) groups is 1. The van der Waals surface area contributed by atoms with Crippen molar-refractivity contribution in [1.29, 1.82) is 0 Å². The van der Waals surface area contributed by atoms with E-state index >= 15 is 0 Å². The third-order valence-corrected chi connectivity index (χ3v) is 2.38. The highest BCUT2D eigenvalue weighted by Crippen LogP contribution is 2.31. The van der Waals surface area contributed by atoms with Gasteiger partial charge in [0.2, 0.25) is 5.88 Å². The number of aromatic nitrogens is 1. The maximum Gasteiger partial charge on any atom is 0.416 e. The Kier molecular flexibility index (Phi) is 3.60. The molecule has 4 nitrogen and oxygen atoms in total. The lowest BCUT2D eigenvalue weighted by atomic mass is 10.2.